The lowest BCUT2D eigenvalue weighted by Crippen LogP contribution is -2.30. The van der Waals surface area contributed by atoms with E-state index in [0.29, 0.717) is 15.8 Å². The van der Waals surface area contributed by atoms with Crippen LogP contribution < -0.4 is 5.32 Å². The summed E-state index contributed by atoms with van der Waals surface area (Å²) in [4.78, 5) is 7.58. The number of benzene rings is 1. The van der Waals surface area contributed by atoms with E-state index in [0.717, 1.165) is 35.7 Å². The molecule has 3 aromatic rings. The SMILES string of the molecule is Clc1cccc(-c2ccc([C@H]3NCCc4[nH]cnc43)o2)c1Cl. The Morgan fingerprint density at radius 1 is 1.18 bits per heavy atom. The van der Waals surface area contributed by atoms with Crippen LogP contribution >= 0.6 is 23.2 Å². The molecule has 0 aliphatic carbocycles. The molecule has 1 aliphatic heterocycles. The number of aromatic amines is 1. The van der Waals surface area contributed by atoms with Gasteiger partial charge in [-0.2, -0.15) is 0 Å². The minimum Gasteiger partial charge on any atom is -0.459 e. The first-order valence-electron chi connectivity index (χ1n) is 7.03. The van der Waals surface area contributed by atoms with Crippen LogP contribution in [-0.4, -0.2) is 16.5 Å². The van der Waals surface area contributed by atoms with Crippen LogP contribution in [0.5, 0.6) is 0 Å². The van der Waals surface area contributed by atoms with E-state index in [4.69, 9.17) is 27.6 Å². The lowest BCUT2D eigenvalue weighted by molar-refractivity contribution is 0.437. The highest BCUT2D eigenvalue weighted by Gasteiger charge is 2.26. The summed E-state index contributed by atoms with van der Waals surface area (Å²) in [7, 11) is 0. The molecule has 0 bridgehead atoms. The molecule has 4 rings (SSSR count). The molecule has 0 saturated carbocycles. The fourth-order valence-corrected chi connectivity index (χ4v) is 3.19. The van der Waals surface area contributed by atoms with Crippen LogP contribution in [0.1, 0.15) is 23.2 Å². The Morgan fingerprint density at radius 2 is 2.09 bits per heavy atom. The second-order valence-electron chi connectivity index (χ2n) is 5.21. The van der Waals surface area contributed by atoms with Crippen molar-refractivity contribution < 1.29 is 4.42 Å². The molecule has 0 radical (unpaired) electrons. The summed E-state index contributed by atoms with van der Waals surface area (Å²) in [6.45, 7) is 0.883. The highest BCUT2D eigenvalue weighted by atomic mass is 35.5. The largest absolute Gasteiger partial charge is 0.459 e. The number of furan rings is 1. The Balaban J connectivity index is 1.73. The first-order chi connectivity index (χ1) is 10.7. The van der Waals surface area contributed by atoms with E-state index in [2.05, 4.69) is 15.3 Å². The molecule has 2 aromatic heterocycles. The van der Waals surface area contributed by atoms with Crippen molar-refractivity contribution in [1.29, 1.82) is 0 Å². The van der Waals surface area contributed by atoms with E-state index < -0.39 is 0 Å². The van der Waals surface area contributed by atoms with E-state index in [9.17, 15) is 0 Å². The van der Waals surface area contributed by atoms with Gasteiger partial charge in [0, 0.05) is 24.2 Å². The molecule has 112 valence electrons. The van der Waals surface area contributed by atoms with Crippen LogP contribution in [0.3, 0.4) is 0 Å². The molecule has 6 heteroatoms. The van der Waals surface area contributed by atoms with Gasteiger partial charge in [0.15, 0.2) is 0 Å². The lowest BCUT2D eigenvalue weighted by Gasteiger charge is -2.21. The van der Waals surface area contributed by atoms with Crippen LogP contribution in [0, 0.1) is 0 Å². The van der Waals surface area contributed by atoms with Gasteiger partial charge in [0.25, 0.3) is 0 Å². The van der Waals surface area contributed by atoms with Crippen LogP contribution in [-0.2, 0) is 6.42 Å². The van der Waals surface area contributed by atoms with Crippen molar-refractivity contribution in [2.45, 2.75) is 12.5 Å². The van der Waals surface area contributed by atoms with Gasteiger partial charge in [0.05, 0.1) is 22.1 Å². The van der Waals surface area contributed by atoms with Crippen molar-refractivity contribution in [2.24, 2.45) is 0 Å². The highest BCUT2D eigenvalue weighted by Crippen LogP contribution is 2.36. The van der Waals surface area contributed by atoms with E-state index >= 15 is 0 Å². The summed E-state index contributed by atoms with van der Waals surface area (Å²) in [6, 6.07) is 9.34. The number of nitrogens with zero attached hydrogens (tertiary/aromatic N) is 1. The maximum atomic E-state index is 6.26. The Bertz CT molecular complexity index is 824. The molecule has 0 spiro atoms. The molecule has 4 nitrogen and oxygen atoms in total. The number of imidazole rings is 1. The molecule has 0 amide bonds. The zero-order valence-electron chi connectivity index (χ0n) is 11.6. The van der Waals surface area contributed by atoms with Crippen molar-refractivity contribution in [3.63, 3.8) is 0 Å². The molecule has 0 saturated heterocycles. The Labute approximate surface area is 137 Å². The smallest absolute Gasteiger partial charge is 0.135 e. The van der Waals surface area contributed by atoms with Crippen molar-refractivity contribution in [3.8, 4) is 11.3 Å². The van der Waals surface area contributed by atoms with Gasteiger partial charge in [-0.3, -0.25) is 0 Å². The normalized spacial score (nSPS) is 17.5. The van der Waals surface area contributed by atoms with Crippen molar-refractivity contribution in [3.05, 3.63) is 63.9 Å². The molecule has 3 heterocycles. The first kappa shape index (κ1) is 13.9. The number of nitrogens with one attached hydrogen (secondary N) is 2. The van der Waals surface area contributed by atoms with Gasteiger partial charge < -0.3 is 14.7 Å². The molecular formula is C16H13Cl2N3O. The molecule has 1 aromatic carbocycles. The molecule has 22 heavy (non-hydrogen) atoms. The molecule has 0 unspecified atom stereocenters. The number of hydrogen-bond donors (Lipinski definition) is 2. The van der Waals surface area contributed by atoms with Crippen molar-refractivity contribution in [2.75, 3.05) is 6.54 Å². The Kier molecular flexibility index (Phi) is 3.45. The van der Waals surface area contributed by atoms with E-state index in [1.807, 2.05) is 24.3 Å². The Hall–Kier alpha value is -1.75. The summed E-state index contributed by atoms with van der Waals surface area (Å²) in [6.07, 6.45) is 2.67. The number of H-pyrrole nitrogens is 1. The topological polar surface area (TPSA) is 53.9 Å². The van der Waals surface area contributed by atoms with Gasteiger partial charge in [-0.25, -0.2) is 4.98 Å². The molecule has 2 N–H and O–H groups in total. The summed E-state index contributed by atoms with van der Waals surface area (Å²) in [5, 5.41) is 4.45. The number of aromatic nitrogens is 2. The van der Waals surface area contributed by atoms with Gasteiger partial charge in [-0.1, -0.05) is 29.3 Å². The number of rotatable bonds is 2. The third-order valence-corrected chi connectivity index (χ3v) is 4.70. The lowest BCUT2D eigenvalue weighted by atomic mass is 10.0. The quantitative estimate of drug-likeness (QED) is 0.738. The van der Waals surface area contributed by atoms with E-state index in [-0.39, 0.29) is 6.04 Å². The van der Waals surface area contributed by atoms with Gasteiger partial charge in [0.1, 0.15) is 17.6 Å². The highest BCUT2D eigenvalue weighted by molar-refractivity contribution is 6.43. The summed E-state index contributed by atoms with van der Waals surface area (Å²) in [5.74, 6) is 1.52. The fourth-order valence-electron chi connectivity index (χ4n) is 2.80. The fraction of sp³-hybridized carbons (Fsp3) is 0.188. The van der Waals surface area contributed by atoms with E-state index in [1.165, 1.54) is 0 Å². The van der Waals surface area contributed by atoms with Crippen molar-refractivity contribution >= 4 is 23.2 Å². The monoisotopic (exact) mass is 333 g/mol. The summed E-state index contributed by atoms with van der Waals surface area (Å²) >= 11 is 12.3. The summed E-state index contributed by atoms with van der Waals surface area (Å²) < 4.78 is 6.01. The number of hydrogen-bond acceptors (Lipinski definition) is 3. The minimum absolute atomic E-state index is 0.0401. The average Bonchev–Trinajstić information content (AvgIpc) is 3.18. The van der Waals surface area contributed by atoms with Gasteiger partial charge in [0.2, 0.25) is 0 Å². The van der Waals surface area contributed by atoms with Crippen molar-refractivity contribution in [1.82, 2.24) is 15.3 Å². The first-order valence-corrected chi connectivity index (χ1v) is 7.79. The average molecular weight is 334 g/mol. The summed E-state index contributed by atoms with van der Waals surface area (Å²) in [5.41, 5.74) is 2.94. The molecule has 1 atom stereocenters. The standard InChI is InChI=1S/C16H13Cl2N3O/c17-10-3-1-2-9(14(10)18)12-4-5-13(22-12)16-15-11(6-7-19-16)20-8-21-15/h1-5,8,16,19H,6-7H2,(H,20,21)/t16-/m1/s1. The molecule has 1 aliphatic rings. The number of fused-ring (bicyclic) bond motifs is 1. The third-order valence-electron chi connectivity index (χ3n) is 3.88. The maximum Gasteiger partial charge on any atom is 0.135 e. The third kappa shape index (κ3) is 2.24. The maximum absolute atomic E-state index is 6.26. The van der Waals surface area contributed by atoms with Gasteiger partial charge >= 0.3 is 0 Å². The predicted molar refractivity (Wildman–Crippen MR) is 86.3 cm³/mol. The van der Waals surface area contributed by atoms with Gasteiger partial charge in [-0.15, -0.1) is 0 Å². The molecular weight excluding hydrogens is 321 g/mol. The van der Waals surface area contributed by atoms with Crippen LogP contribution in [0.25, 0.3) is 11.3 Å². The zero-order chi connectivity index (χ0) is 15.1. The van der Waals surface area contributed by atoms with Crippen LogP contribution in [0.2, 0.25) is 10.0 Å². The van der Waals surface area contributed by atoms with Gasteiger partial charge in [-0.05, 0) is 24.3 Å². The van der Waals surface area contributed by atoms with Crippen LogP contribution in [0.15, 0.2) is 41.1 Å². The second kappa shape index (κ2) is 5.47. The van der Waals surface area contributed by atoms with E-state index in [1.54, 1.807) is 12.4 Å². The van der Waals surface area contributed by atoms with Crippen LogP contribution in [0.4, 0.5) is 0 Å². The zero-order valence-corrected chi connectivity index (χ0v) is 13.1. The molecule has 0 fully saturated rings. The Morgan fingerprint density at radius 3 is 3.00 bits per heavy atom. The predicted octanol–water partition coefficient (Wildman–Crippen LogP) is 4.21. The second-order valence-corrected chi connectivity index (χ2v) is 5.99. The minimum atomic E-state index is -0.0401. The number of halogens is 2.